The Morgan fingerprint density at radius 1 is 1.16 bits per heavy atom. The number of carbonyl (C=O) groups is 1. The average Bonchev–Trinajstić information content (AvgIpc) is 2.27. The van der Waals surface area contributed by atoms with Crippen LogP contribution in [0.2, 0.25) is 0 Å². The molecule has 1 aromatic rings. The van der Waals surface area contributed by atoms with Crippen LogP contribution in [0, 0.1) is 0 Å². The zero-order chi connectivity index (χ0) is 14.6. The predicted octanol–water partition coefficient (Wildman–Crippen LogP) is 0.808. The second kappa shape index (κ2) is 5.79. The Balaban J connectivity index is 2.50. The lowest BCUT2D eigenvalue weighted by Gasteiger charge is -2.20. The zero-order valence-corrected chi connectivity index (χ0v) is 11.3. The molecule has 0 saturated heterocycles. The highest BCUT2D eigenvalue weighted by molar-refractivity contribution is 5.78. The first kappa shape index (κ1) is 15.1. The molecule has 0 radical (unpaired) electrons. The van der Waals surface area contributed by atoms with Gasteiger partial charge >= 0.3 is 0 Å². The maximum absolute atomic E-state index is 11.5. The van der Waals surface area contributed by atoms with Gasteiger partial charge in [-0.05, 0) is 26.8 Å². The van der Waals surface area contributed by atoms with Crippen LogP contribution in [0.3, 0.4) is 0 Å². The third kappa shape index (κ3) is 4.67. The largest absolute Gasteiger partial charge is 0.504 e. The molecule has 6 nitrogen and oxygen atoms in total. The molecule has 0 atom stereocenters. The summed E-state index contributed by atoms with van der Waals surface area (Å²) in [5.74, 6) is -1.48. The fourth-order valence-electron chi connectivity index (χ4n) is 1.53. The topological polar surface area (TPSA) is 102 Å². The van der Waals surface area contributed by atoms with Gasteiger partial charge < -0.3 is 26.0 Å². The van der Waals surface area contributed by atoms with Crippen molar-refractivity contribution in [3.8, 4) is 17.2 Å². The summed E-state index contributed by atoms with van der Waals surface area (Å²) in [6, 6.07) is 2.75. The molecular weight excluding hydrogens is 248 g/mol. The maximum Gasteiger partial charge on any atom is 0.234 e. The molecule has 0 unspecified atom stereocenters. The van der Waals surface area contributed by atoms with E-state index in [1.807, 2.05) is 20.8 Å². The summed E-state index contributed by atoms with van der Waals surface area (Å²) < 4.78 is 0. The molecule has 0 aliphatic heterocycles. The number of phenols is 3. The van der Waals surface area contributed by atoms with Crippen molar-refractivity contribution in [1.29, 1.82) is 0 Å². The normalized spacial score (nSPS) is 11.3. The first-order valence-electron chi connectivity index (χ1n) is 5.95. The molecule has 106 valence electrons. The van der Waals surface area contributed by atoms with Gasteiger partial charge in [0, 0.05) is 17.6 Å². The quantitative estimate of drug-likeness (QED) is 0.520. The van der Waals surface area contributed by atoms with E-state index in [4.69, 9.17) is 0 Å². The molecule has 0 bridgehead atoms. The summed E-state index contributed by atoms with van der Waals surface area (Å²) in [7, 11) is 0. The number of hydrogen-bond donors (Lipinski definition) is 5. The van der Waals surface area contributed by atoms with Gasteiger partial charge in [-0.3, -0.25) is 4.79 Å². The second-order valence-corrected chi connectivity index (χ2v) is 5.34. The van der Waals surface area contributed by atoms with E-state index in [-0.39, 0.29) is 36.0 Å². The summed E-state index contributed by atoms with van der Waals surface area (Å²) in [6.07, 6.45) is 0. The van der Waals surface area contributed by atoms with E-state index in [2.05, 4.69) is 10.6 Å². The molecule has 0 heterocycles. The van der Waals surface area contributed by atoms with E-state index in [9.17, 15) is 20.1 Å². The fraction of sp³-hybridized carbons (Fsp3) is 0.462. The number of rotatable bonds is 4. The van der Waals surface area contributed by atoms with Crippen molar-refractivity contribution in [3.63, 3.8) is 0 Å². The van der Waals surface area contributed by atoms with Crippen LogP contribution in [-0.4, -0.2) is 33.3 Å². The lowest BCUT2D eigenvalue weighted by molar-refractivity contribution is -0.121. The Morgan fingerprint density at radius 3 is 2.37 bits per heavy atom. The van der Waals surface area contributed by atoms with Gasteiger partial charge in [-0.1, -0.05) is 6.07 Å². The van der Waals surface area contributed by atoms with Crippen LogP contribution in [0.25, 0.3) is 0 Å². The molecule has 6 heteroatoms. The smallest absolute Gasteiger partial charge is 0.234 e. The highest BCUT2D eigenvalue weighted by Crippen LogP contribution is 2.36. The molecule has 0 aliphatic rings. The molecule has 19 heavy (non-hydrogen) atoms. The van der Waals surface area contributed by atoms with Gasteiger partial charge in [0.25, 0.3) is 0 Å². The van der Waals surface area contributed by atoms with Crippen molar-refractivity contribution >= 4 is 5.91 Å². The van der Waals surface area contributed by atoms with E-state index >= 15 is 0 Å². The molecule has 1 rings (SSSR count). The van der Waals surface area contributed by atoms with Gasteiger partial charge in [0.05, 0.1) is 6.54 Å². The SMILES string of the molecule is CC(C)(C)NC(=O)CNCc1ccc(O)c(O)c1O. The number of nitrogens with one attached hydrogen (secondary N) is 2. The van der Waals surface area contributed by atoms with Gasteiger partial charge in [-0.15, -0.1) is 0 Å². The monoisotopic (exact) mass is 268 g/mol. The molecule has 0 spiro atoms. The number of phenolic OH excluding ortho intramolecular Hbond substituents is 3. The first-order valence-corrected chi connectivity index (χ1v) is 5.95. The summed E-state index contributed by atoms with van der Waals surface area (Å²) in [5.41, 5.74) is 0.108. The Bertz CT molecular complexity index is 466. The third-order valence-electron chi connectivity index (χ3n) is 2.33. The maximum atomic E-state index is 11.5. The predicted molar refractivity (Wildman–Crippen MR) is 71.0 cm³/mol. The summed E-state index contributed by atoms with van der Waals surface area (Å²) in [5, 5.41) is 33.7. The second-order valence-electron chi connectivity index (χ2n) is 5.34. The lowest BCUT2D eigenvalue weighted by atomic mass is 10.1. The molecule has 0 fully saturated rings. The molecule has 0 aliphatic carbocycles. The van der Waals surface area contributed by atoms with E-state index in [0.29, 0.717) is 5.56 Å². The third-order valence-corrected chi connectivity index (χ3v) is 2.33. The minimum atomic E-state index is -0.557. The van der Waals surface area contributed by atoms with Crippen molar-refractivity contribution in [2.75, 3.05) is 6.54 Å². The summed E-state index contributed by atoms with van der Waals surface area (Å²) in [6.45, 7) is 5.95. The van der Waals surface area contributed by atoms with Crippen LogP contribution >= 0.6 is 0 Å². The molecule has 0 aromatic heterocycles. The van der Waals surface area contributed by atoms with E-state index in [0.717, 1.165) is 0 Å². The van der Waals surface area contributed by atoms with Crippen LogP contribution in [-0.2, 0) is 11.3 Å². The van der Waals surface area contributed by atoms with E-state index in [1.165, 1.54) is 12.1 Å². The van der Waals surface area contributed by atoms with Crippen molar-refractivity contribution in [2.45, 2.75) is 32.9 Å². The van der Waals surface area contributed by atoms with Gasteiger partial charge in [0.2, 0.25) is 11.7 Å². The van der Waals surface area contributed by atoms with Crippen molar-refractivity contribution in [3.05, 3.63) is 17.7 Å². The van der Waals surface area contributed by atoms with Gasteiger partial charge in [0.1, 0.15) is 0 Å². The zero-order valence-electron chi connectivity index (χ0n) is 11.3. The van der Waals surface area contributed by atoms with Gasteiger partial charge in [-0.2, -0.15) is 0 Å². The van der Waals surface area contributed by atoms with Crippen molar-refractivity contribution < 1.29 is 20.1 Å². The van der Waals surface area contributed by atoms with Gasteiger partial charge in [-0.25, -0.2) is 0 Å². The van der Waals surface area contributed by atoms with E-state index < -0.39 is 5.75 Å². The minimum absolute atomic E-state index is 0.0956. The molecular formula is C13H20N2O4. The lowest BCUT2D eigenvalue weighted by Crippen LogP contribution is -2.44. The number of aromatic hydroxyl groups is 3. The Kier molecular flexibility index (Phi) is 4.61. The van der Waals surface area contributed by atoms with Crippen LogP contribution in [0.5, 0.6) is 17.2 Å². The summed E-state index contributed by atoms with van der Waals surface area (Å²) >= 11 is 0. The Labute approximate surface area is 112 Å². The number of hydrogen-bond acceptors (Lipinski definition) is 5. The van der Waals surface area contributed by atoms with Gasteiger partial charge in [0.15, 0.2) is 11.5 Å². The first-order chi connectivity index (χ1) is 8.70. The van der Waals surface area contributed by atoms with E-state index in [1.54, 1.807) is 0 Å². The molecule has 0 saturated carbocycles. The van der Waals surface area contributed by atoms with Crippen molar-refractivity contribution in [1.82, 2.24) is 10.6 Å². The van der Waals surface area contributed by atoms with Crippen LogP contribution in [0.4, 0.5) is 0 Å². The Morgan fingerprint density at radius 2 is 1.79 bits per heavy atom. The Hall–Kier alpha value is -1.95. The standard InChI is InChI=1S/C13H20N2O4/c1-13(2,3)15-10(17)7-14-6-8-4-5-9(16)12(19)11(8)18/h4-5,14,16,18-19H,6-7H2,1-3H3,(H,15,17). The summed E-state index contributed by atoms with van der Waals surface area (Å²) in [4.78, 5) is 11.5. The number of benzene rings is 1. The highest BCUT2D eigenvalue weighted by atomic mass is 16.3. The van der Waals surface area contributed by atoms with Crippen LogP contribution in [0.1, 0.15) is 26.3 Å². The average molecular weight is 268 g/mol. The van der Waals surface area contributed by atoms with Crippen LogP contribution in [0.15, 0.2) is 12.1 Å². The number of carbonyl (C=O) groups excluding carboxylic acids is 1. The van der Waals surface area contributed by atoms with Crippen LogP contribution < -0.4 is 10.6 Å². The molecule has 5 N–H and O–H groups in total. The highest BCUT2D eigenvalue weighted by Gasteiger charge is 2.14. The molecule has 1 aromatic carbocycles. The molecule has 1 amide bonds. The number of amides is 1. The van der Waals surface area contributed by atoms with Crippen molar-refractivity contribution in [2.24, 2.45) is 0 Å². The fourth-order valence-corrected chi connectivity index (χ4v) is 1.53. The minimum Gasteiger partial charge on any atom is -0.504 e.